The van der Waals surface area contributed by atoms with Crippen LogP contribution < -0.4 is 5.32 Å². The predicted molar refractivity (Wildman–Crippen MR) is 76.9 cm³/mol. The number of hydrogen-bond acceptors (Lipinski definition) is 3. The van der Waals surface area contributed by atoms with Gasteiger partial charge in [0.05, 0.1) is 6.54 Å². The van der Waals surface area contributed by atoms with Crippen LogP contribution in [0.5, 0.6) is 0 Å². The molecule has 2 aliphatic heterocycles. The third-order valence-electron chi connectivity index (χ3n) is 3.53. The molecule has 1 unspecified atom stereocenters. The van der Waals surface area contributed by atoms with E-state index in [1.807, 2.05) is 11.8 Å². The van der Waals surface area contributed by atoms with Crippen LogP contribution in [0.2, 0.25) is 0 Å². The van der Waals surface area contributed by atoms with Gasteiger partial charge in [0.2, 0.25) is 0 Å². The molecule has 0 spiro atoms. The number of thioether (sulfide) groups is 1. The van der Waals surface area contributed by atoms with Crippen molar-refractivity contribution < 1.29 is 0 Å². The van der Waals surface area contributed by atoms with Gasteiger partial charge in [0, 0.05) is 17.3 Å². The van der Waals surface area contributed by atoms with E-state index in [0.717, 1.165) is 17.5 Å². The molecule has 4 heteroatoms. The van der Waals surface area contributed by atoms with Crippen molar-refractivity contribution in [2.75, 3.05) is 25.4 Å². The Kier molecular flexibility index (Phi) is 4.36. The van der Waals surface area contributed by atoms with Crippen LogP contribution in [-0.2, 0) is 0 Å². The van der Waals surface area contributed by atoms with Crippen LogP contribution in [-0.4, -0.2) is 47.0 Å². The summed E-state index contributed by atoms with van der Waals surface area (Å²) in [5, 5.41) is 4.62. The van der Waals surface area contributed by atoms with Gasteiger partial charge in [-0.3, -0.25) is 9.89 Å². The largest absolute Gasteiger partial charge is 0.359 e. The minimum atomic E-state index is 0.220. The lowest BCUT2D eigenvalue weighted by atomic mass is 10.1. The first-order valence-electron chi connectivity index (χ1n) is 6.76. The second-order valence-corrected chi connectivity index (χ2v) is 6.85. The smallest absolute Gasteiger partial charge is 0.157 e. The van der Waals surface area contributed by atoms with Crippen molar-refractivity contribution in [3.63, 3.8) is 0 Å². The summed E-state index contributed by atoms with van der Waals surface area (Å²) in [4.78, 5) is 7.30. The fourth-order valence-electron chi connectivity index (χ4n) is 2.39. The van der Waals surface area contributed by atoms with E-state index in [1.54, 1.807) is 0 Å². The lowest BCUT2D eigenvalue weighted by Crippen LogP contribution is -2.40. The van der Waals surface area contributed by atoms with Gasteiger partial charge < -0.3 is 5.32 Å². The molecule has 2 aliphatic rings. The fourth-order valence-corrected chi connectivity index (χ4v) is 3.47. The Morgan fingerprint density at radius 3 is 2.65 bits per heavy atom. The van der Waals surface area contributed by atoms with Crippen molar-refractivity contribution in [2.24, 2.45) is 4.99 Å². The third-order valence-corrected chi connectivity index (χ3v) is 4.90. The van der Waals surface area contributed by atoms with Crippen LogP contribution in [0.4, 0.5) is 0 Å². The first kappa shape index (κ1) is 13.2. The van der Waals surface area contributed by atoms with Crippen molar-refractivity contribution in [1.82, 2.24) is 10.2 Å². The van der Waals surface area contributed by atoms with Crippen LogP contribution in [0.3, 0.4) is 0 Å². The molecule has 0 aromatic rings. The second-order valence-electron chi connectivity index (χ2n) is 5.89. The highest BCUT2D eigenvalue weighted by Gasteiger charge is 2.27. The van der Waals surface area contributed by atoms with E-state index < -0.39 is 0 Å². The van der Waals surface area contributed by atoms with Crippen LogP contribution in [0.15, 0.2) is 4.99 Å². The molecule has 0 aromatic carbocycles. The van der Waals surface area contributed by atoms with Crippen LogP contribution >= 0.6 is 11.8 Å². The first-order valence-corrected chi connectivity index (χ1v) is 7.75. The van der Waals surface area contributed by atoms with E-state index in [0.29, 0.717) is 6.04 Å². The van der Waals surface area contributed by atoms with Gasteiger partial charge in [0.1, 0.15) is 0 Å². The summed E-state index contributed by atoms with van der Waals surface area (Å²) in [5.74, 6) is 1.13. The number of hydrogen-bond donors (Lipinski definition) is 1. The lowest BCUT2D eigenvalue weighted by molar-refractivity contribution is 0.178. The molecular weight excluding hydrogens is 230 g/mol. The molecule has 0 bridgehead atoms. The second kappa shape index (κ2) is 5.61. The molecule has 0 radical (unpaired) electrons. The van der Waals surface area contributed by atoms with Gasteiger partial charge in [0.25, 0.3) is 0 Å². The molecule has 3 nitrogen and oxygen atoms in total. The van der Waals surface area contributed by atoms with E-state index in [1.165, 1.54) is 32.4 Å². The Labute approximate surface area is 109 Å². The van der Waals surface area contributed by atoms with Gasteiger partial charge in [-0.1, -0.05) is 18.2 Å². The minimum Gasteiger partial charge on any atom is -0.359 e. The average Bonchev–Trinajstić information content (AvgIpc) is 2.67. The predicted octanol–water partition coefficient (Wildman–Crippen LogP) is 2.33. The summed E-state index contributed by atoms with van der Waals surface area (Å²) in [6.45, 7) is 10.2. The minimum absolute atomic E-state index is 0.220. The van der Waals surface area contributed by atoms with E-state index in [-0.39, 0.29) is 5.54 Å². The van der Waals surface area contributed by atoms with Gasteiger partial charge in [-0.25, -0.2) is 0 Å². The molecule has 0 aliphatic carbocycles. The highest BCUT2D eigenvalue weighted by Crippen LogP contribution is 2.22. The van der Waals surface area contributed by atoms with Crippen LogP contribution in [0, 0.1) is 0 Å². The molecule has 2 fully saturated rings. The number of rotatable bonds is 3. The number of nitrogens with one attached hydrogen (secondary N) is 1. The van der Waals surface area contributed by atoms with Gasteiger partial charge >= 0.3 is 0 Å². The molecule has 0 aromatic heterocycles. The molecule has 2 heterocycles. The molecule has 2 saturated heterocycles. The first-order chi connectivity index (χ1) is 8.07. The summed E-state index contributed by atoms with van der Waals surface area (Å²) in [6.07, 6.45) is 4.13. The number of piperidine rings is 1. The molecule has 2 rings (SSSR count). The van der Waals surface area contributed by atoms with Crippen molar-refractivity contribution in [3.8, 4) is 0 Å². The summed E-state index contributed by atoms with van der Waals surface area (Å²) >= 11 is 1.86. The van der Waals surface area contributed by atoms with Crippen molar-refractivity contribution in [3.05, 3.63) is 0 Å². The van der Waals surface area contributed by atoms with Gasteiger partial charge in [-0.05, 0) is 46.7 Å². The standard InChI is InChI=1S/C13H25N3S/c1-11(16-7-5-4-6-8-16)9-14-12-15-13(2,3)10-17-12/h11H,4-10H2,1-3H3,(H,14,15). The van der Waals surface area contributed by atoms with E-state index in [2.05, 4.69) is 31.0 Å². The number of amidine groups is 1. The highest BCUT2D eigenvalue weighted by atomic mass is 32.2. The molecular formula is C13H25N3S. The zero-order valence-corrected chi connectivity index (χ0v) is 12.1. The maximum absolute atomic E-state index is 4.72. The molecule has 98 valence electrons. The van der Waals surface area contributed by atoms with E-state index >= 15 is 0 Å². The van der Waals surface area contributed by atoms with Crippen LogP contribution in [0.1, 0.15) is 40.0 Å². The molecule has 0 saturated carbocycles. The Morgan fingerprint density at radius 1 is 1.35 bits per heavy atom. The Hall–Kier alpha value is -0.220. The van der Waals surface area contributed by atoms with Gasteiger partial charge in [-0.2, -0.15) is 0 Å². The maximum atomic E-state index is 4.72. The van der Waals surface area contributed by atoms with Crippen LogP contribution in [0.25, 0.3) is 0 Å². The Balaban J connectivity index is 1.79. The Bertz CT molecular complexity index is 282. The Morgan fingerprint density at radius 2 is 2.06 bits per heavy atom. The summed E-state index contributed by atoms with van der Waals surface area (Å²) in [6, 6.07) is 0.592. The topological polar surface area (TPSA) is 27.6 Å². The fraction of sp³-hybridized carbons (Fsp3) is 0.923. The normalized spacial score (nSPS) is 29.2. The van der Waals surface area contributed by atoms with E-state index in [4.69, 9.17) is 4.99 Å². The summed E-state index contributed by atoms with van der Waals surface area (Å²) in [5.41, 5.74) is 0.220. The molecule has 0 amide bonds. The molecule has 1 atom stereocenters. The summed E-state index contributed by atoms with van der Waals surface area (Å²) < 4.78 is 0. The SMILES string of the molecule is CC(CN=C1NC(C)(C)CS1)N1CCCCC1. The zero-order chi connectivity index (χ0) is 12.3. The summed E-state index contributed by atoms with van der Waals surface area (Å²) in [7, 11) is 0. The quantitative estimate of drug-likeness (QED) is 0.839. The highest BCUT2D eigenvalue weighted by molar-refractivity contribution is 8.14. The third kappa shape index (κ3) is 3.88. The molecule has 17 heavy (non-hydrogen) atoms. The monoisotopic (exact) mass is 255 g/mol. The lowest BCUT2D eigenvalue weighted by Gasteiger charge is -2.31. The number of likely N-dealkylation sites (tertiary alicyclic amines) is 1. The van der Waals surface area contributed by atoms with Gasteiger partial charge in [-0.15, -0.1) is 0 Å². The van der Waals surface area contributed by atoms with Crippen molar-refractivity contribution >= 4 is 16.9 Å². The number of nitrogens with zero attached hydrogens (tertiary/aromatic N) is 2. The van der Waals surface area contributed by atoms with Gasteiger partial charge in [0.15, 0.2) is 5.17 Å². The molecule has 1 N–H and O–H groups in total. The number of aliphatic imine (C=N–C) groups is 1. The van der Waals surface area contributed by atoms with Crippen molar-refractivity contribution in [2.45, 2.75) is 51.6 Å². The zero-order valence-electron chi connectivity index (χ0n) is 11.3. The average molecular weight is 255 g/mol. The van der Waals surface area contributed by atoms with E-state index in [9.17, 15) is 0 Å². The maximum Gasteiger partial charge on any atom is 0.157 e. The van der Waals surface area contributed by atoms with Crippen molar-refractivity contribution in [1.29, 1.82) is 0 Å².